The number of nitrogens with zero attached hydrogens (tertiary/aromatic N) is 2. The van der Waals surface area contributed by atoms with Crippen molar-refractivity contribution >= 4 is 27.5 Å². The van der Waals surface area contributed by atoms with E-state index >= 15 is 0 Å². The quantitative estimate of drug-likeness (QED) is 0.871. The van der Waals surface area contributed by atoms with Crippen LogP contribution in [0.1, 0.15) is 38.2 Å². The van der Waals surface area contributed by atoms with E-state index in [1.807, 2.05) is 25.1 Å². The number of benzene rings is 1. The van der Waals surface area contributed by atoms with Crippen LogP contribution in [-0.2, 0) is 4.79 Å². The van der Waals surface area contributed by atoms with Gasteiger partial charge in [0.05, 0.1) is 11.3 Å². The van der Waals surface area contributed by atoms with Gasteiger partial charge in [-0.2, -0.15) is 5.26 Å². The molecule has 0 aliphatic carbocycles. The number of nitrogens with one attached hydrogen (secondary N) is 1. The second kappa shape index (κ2) is 8.19. The molecule has 1 heterocycles. The van der Waals surface area contributed by atoms with Crippen molar-refractivity contribution in [3.8, 4) is 6.07 Å². The number of hydrogen-bond donors (Lipinski definition) is 1. The van der Waals surface area contributed by atoms with Crippen LogP contribution >= 0.6 is 15.9 Å². The topological polar surface area (TPSA) is 56.1 Å². The van der Waals surface area contributed by atoms with Crippen molar-refractivity contribution in [2.45, 2.75) is 32.6 Å². The van der Waals surface area contributed by atoms with E-state index in [0.29, 0.717) is 17.9 Å². The van der Waals surface area contributed by atoms with Crippen molar-refractivity contribution in [2.24, 2.45) is 5.92 Å². The summed E-state index contributed by atoms with van der Waals surface area (Å²) in [6, 6.07) is 8.15. The summed E-state index contributed by atoms with van der Waals surface area (Å²) in [6.07, 6.45) is 3.69. The van der Waals surface area contributed by atoms with Gasteiger partial charge in [-0.1, -0.05) is 13.0 Å². The molecule has 1 amide bonds. The van der Waals surface area contributed by atoms with Gasteiger partial charge in [0.1, 0.15) is 6.07 Å². The minimum atomic E-state index is 0.139. The predicted octanol–water partition coefficient (Wildman–Crippen LogP) is 3.45. The van der Waals surface area contributed by atoms with E-state index in [2.05, 4.69) is 32.2 Å². The van der Waals surface area contributed by atoms with E-state index in [0.717, 1.165) is 49.1 Å². The van der Waals surface area contributed by atoms with Crippen molar-refractivity contribution in [3.05, 3.63) is 28.2 Å². The number of rotatable bonds is 5. The van der Waals surface area contributed by atoms with E-state index in [9.17, 15) is 10.1 Å². The Labute approximate surface area is 140 Å². The van der Waals surface area contributed by atoms with Crippen LogP contribution in [0.3, 0.4) is 0 Å². The van der Waals surface area contributed by atoms with Crippen LogP contribution in [0.5, 0.6) is 0 Å². The zero-order valence-electron chi connectivity index (χ0n) is 12.9. The highest BCUT2D eigenvalue weighted by atomic mass is 79.9. The van der Waals surface area contributed by atoms with Gasteiger partial charge < -0.3 is 10.2 Å². The first kappa shape index (κ1) is 16.8. The van der Waals surface area contributed by atoms with Crippen LogP contribution in [0, 0.1) is 17.2 Å². The Balaban J connectivity index is 2.01. The fourth-order valence-electron chi connectivity index (χ4n) is 2.91. The Bertz CT molecular complexity index is 568. The van der Waals surface area contributed by atoms with Gasteiger partial charge >= 0.3 is 0 Å². The summed E-state index contributed by atoms with van der Waals surface area (Å²) in [5.41, 5.74) is 1.68. The third kappa shape index (κ3) is 4.23. The third-order valence-electron chi connectivity index (χ3n) is 4.03. The summed E-state index contributed by atoms with van der Waals surface area (Å²) < 4.78 is 0.839. The number of nitriles is 1. The molecule has 1 atom stereocenters. The van der Waals surface area contributed by atoms with Gasteiger partial charge in [0.25, 0.3) is 0 Å². The lowest BCUT2D eigenvalue weighted by atomic mass is 9.96. The van der Waals surface area contributed by atoms with Crippen LogP contribution in [0.25, 0.3) is 0 Å². The summed E-state index contributed by atoms with van der Waals surface area (Å²) in [4.78, 5) is 13.9. The van der Waals surface area contributed by atoms with Crippen molar-refractivity contribution in [1.82, 2.24) is 5.32 Å². The van der Waals surface area contributed by atoms with E-state index in [4.69, 9.17) is 0 Å². The SMILES string of the molecule is CCCC(=O)NCC1CCCN(c2cccc(Br)c2C#N)C1. The largest absolute Gasteiger partial charge is 0.370 e. The normalized spacial score (nSPS) is 17.9. The highest BCUT2D eigenvalue weighted by Gasteiger charge is 2.22. The number of amides is 1. The van der Waals surface area contributed by atoms with Gasteiger partial charge in [0, 0.05) is 30.5 Å². The first-order valence-corrected chi connectivity index (χ1v) is 8.65. The van der Waals surface area contributed by atoms with Gasteiger partial charge in [-0.05, 0) is 53.2 Å². The molecule has 2 rings (SSSR count). The summed E-state index contributed by atoms with van der Waals surface area (Å²) >= 11 is 3.45. The first-order chi connectivity index (χ1) is 10.7. The summed E-state index contributed by atoms with van der Waals surface area (Å²) in [5.74, 6) is 0.583. The molecule has 0 saturated carbocycles. The average molecular weight is 364 g/mol. The van der Waals surface area contributed by atoms with E-state index in [1.165, 1.54) is 0 Å². The number of anilines is 1. The van der Waals surface area contributed by atoms with E-state index in [1.54, 1.807) is 0 Å². The lowest BCUT2D eigenvalue weighted by Crippen LogP contribution is -2.41. The Morgan fingerprint density at radius 2 is 2.36 bits per heavy atom. The predicted molar refractivity (Wildman–Crippen MR) is 91.7 cm³/mol. The fourth-order valence-corrected chi connectivity index (χ4v) is 3.36. The molecule has 0 spiro atoms. The number of carbonyl (C=O) groups excluding carboxylic acids is 1. The zero-order valence-corrected chi connectivity index (χ0v) is 14.5. The van der Waals surface area contributed by atoms with Crippen molar-refractivity contribution in [2.75, 3.05) is 24.5 Å². The van der Waals surface area contributed by atoms with E-state index in [-0.39, 0.29) is 5.91 Å². The smallest absolute Gasteiger partial charge is 0.219 e. The number of piperidine rings is 1. The fraction of sp³-hybridized carbons (Fsp3) is 0.529. The molecular formula is C17H22BrN3O. The number of hydrogen-bond acceptors (Lipinski definition) is 3. The molecule has 5 heteroatoms. The molecule has 22 heavy (non-hydrogen) atoms. The van der Waals surface area contributed by atoms with Crippen molar-refractivity contribution in [3.63, 3.8) is 0 Å². The van der Waals surface area contributed by atoms with Crippen LogP contribution in [0.2, 0.25) is 0 Å². The maximum Gasteiger partial charge on any atom is 0.219 e. The van der Waals surface area contributed by atoms with Gasteiger partial charge in [-0.25, -0.2) is 0 Å². The molecule has 4 nitrogen and oxygen atoms in total. The maximum absolute atomic E-state index is 11.6. The van der Waals surface area contributed by atoms with Gasteiger partial charge in [-0.3, -0.25) is 4.79 Å². The first-order valence-electron chi connectivity index (χ1n) is 7.86. The van der Waals surface area contributed by atoms with E-state index < -0.39 is 0 Å². The molecule has 1 aromatic rings. The van der Waals surface area contributed by atoms with Gasteiger partial charge in [0.15, 0.2) is 0 Å². The van der Waals surface area contributed by atoms with Gasteiger partial charge in [0.2, 0.25) is 5.91 Å². The zero-order chi connectivity index (χ0) is 15.9. The van der Waals surface area contributed by atoms with Gasteiger partial charge in [-0.15, -0.1) is 0 Å². The Morgan fingerprint density at radius 1 is 1.55 bits per heavy atom. The Morgan fingerprint density at radius 3 is 3.09 bits per heavy atom. The molecule has 1 aliphatic heterocycles. The number of halogens is 1. The summed E-state index contributed by atoms with van der Waals surface area (Å²) in [6.45, 7) is 4.59. The molecule has 1 N–H and O–H groups in total. The number of carbonyl (C=O) groups is 1. The van der Waals surface area contributed by atoms with Crippen molar-refractivity contribution in [1.29, 1.82) is 5.26 Å². The molecule has 0 radical (unpaired) electrons. The standard InChI is InChI=1S/C17H22BrN3O/c1-2-5-17(22)20-11-13-6-4-9-21(12-13)16-8-3-7-15(18)14(16)10-19/h3,7-8,13H,2,4-6,9,11-12H2,1H3,(H,20,22). The van der Waals surface area contributed by atoms with Crippen molar-refractivity contribution < 1.29 is 4.79 Å². The molecule has 1 saturated heterocycles. The molecule has 1 aliphatic rings. The third-order valence-corrected chi connectivity index (χ3v) is 4.69. The Kier molecular flexibility index (Phi) is 6.26. The Hall–Kier alpha value is -1.54. The minimum Gasteiger partial charge on any atom is -0.370 e. The average Bonchev–Trinajstić information content (AvgIpc) is 2.53. The lowest BCUT2D eigenvalue weighted by molar-refractivity contribution is -0.121. The summed E-state index contributed by atoms with van der Waals surface area (Å²) in [7, 11) is 0. The molecule has 0 bridgehead atoms. The molecule has 118 valence electrons. The molecule has 0 aromatic heterocycles. The molecular weight excluding hydrogens is 342 g/mol. The highest BCUT2D eigenvalue weighted by molar-refractivity contribution is 9.10. The van der Waals surface area contributed by atoms with Crippen LogP contribution < -0.4 is 10.2 Å². The summed E-state index contributed by atoms with van der Waals surface area (Å²) in [5, 5.41) is 12.4. The van der Waals surface area contributed by atoms with Crippen LogP contribution in [0.4, 0.5) is 5.69 Å². The second-order valence-electron chi connectivity index (χ2n) is 5.75. The second-order valence-corrected chi connectivity index (χ2v) is 6.61. The lowest BCUT2D eigenvalue weighted by Gasteiger charge is -2.35. The van der Waals surface area contributed by atoms with Crippen LogP contribution in [-0.4, -0.2) is 25.5 Å². The molecule has 1 aromatic carbocycles. The van der Waals surface area contributed by atoms with Crippen LogP contribution in [0.15, 0.2) is 22.7 Å². The molecule has 1 unspecified atom stereocenters. The highest BCUT2D eigenvalue weighted by Crippen LogP contribution is 2.30. The molecule has 1 fully saturated rings. The monoisotopic (exact) mass is 363 g/mol. The maximum atomic E-state index is 11.6. The minimum absolute atomic E-state index is 0.139.